The zero-order valence-corrected chi connectivity index (χ0v) is 6.23. The monoisotopic (exact) mass is 158 g/mol. The molecule has 0 fully saturated rings. The molecule has 2 N–H and O–H groups in total. The first-order valence-electron chi connectivity index (χ1n) is 3.22. The first-order chi connectivity index (χ1) is 5.77. The molecule has 0 aliphatic carbocycles. The first-order valence-corrected chi connectivity index (χ1v) is 3.22. The van der Waals surface area contributed by atoms with Crippen LogP contribution in [0.4, 0.5) is 5.69 Å². The summed E-state index contributed by atoms with van der Waals surface area (Å²) in [5, 5.41) is 17.8. The molecule has 4 nitrogen and oxygen atoms in total. The fraction of sp³-hybridized carbons (Fsp3) is 0. The highest BCUT2D eigenvalue weighted by Crippen LogP contribution is 2.11. The Balaban J connectivity index is 3.05. The smallest absolute Gasteiger partial charge is 0.200 e. The molecular formula is C8H6N4. The Morgan fingerprint density at radius 2 is 2.08 bits per heavy atom. The van der Waals surface area contributed by atoms with Gasteiger partial charge in [-0.15, -0.1) is 0 Å². The topological polar surface area (TPSA) is 76.8 Å². The van der Waals surface area contributed by atoms with Gasteiger partial charge in [0.1, 0.15) is 0 Å². The average Bonchev–Trinajstić information content (AvgIpc) is 2.17. The van der Waals surface area contributed by atoms with Crippen molar-refractivity contribution in [2.24, 2.45) is 5.84 Å². The van der Waals surface area contributed by atoms with E-state index in [1.54, 1.807) is 30.5 Å². The average molecular weight is 158 g/mol. The Kier molecular flexibility index (Phi) is 2.27. The lowest BCUT2D eigenvalue weighted by molar-refractivity contribution is 1.09. The van der Waals surface area contributed by atoms with Crippen molar-refractivity contribution in [3.05, 3.63) is 29.8 Å². The van der Waals surface area contributed by atoms with Crippen molar-refractivity contribution >= 4 is 5.69 Å². The maximum Gasteiger partial charge on any atom is 0.200 e. The zero-order valence-electron chi connectivity index (χ0n) is 6.23. The third-order valence-electron chi connectivity index (χ3n) is 1.36. The van der Waals surface area contributed by atoms with Crippen LogP contribution in [0.2, 0.25) is 0 Å². The molecule has 0 aliphatic rings. The molecule has 1 aromatic rings. The quantitative estimate of drug-likeness (QED) is 0.283. The number of hydrogen-bond donors (Lipinski definition) is 1. The molecule has 12 heavy (non-hydrogen) atoms. The summed E-state index contributed by atoms with van der Waals surface area (Å²) >= 11 is 0. The van der Waals surface area contributed by atoms with E-state index in [0.29, 0.717) is 11.3 Å². The Labute approximate surface area is 70.0 Å². The van der Waals surface area contributed by atoms with Gasteiger partial charge in [0.05, 0.1) is 17.3 Å². The van der Waals surface area contributed by atoms with E-state index in [0.717, 1.165) is 5.01 Å². The fourth-order valence-electron chi connectivity index (χ4n) is 0.783. The van der Waals surface area contributed by atoms with E-state index in [1.807, 2.05) is 6.07 Å². The van der Waals surface area contributed by atoms with Crippen molar-refractivity contribution < 1.29 is 0 Å². The second-order valence-electron chi connectivity index (χ2n) is 2.13. The van der Waals surface area contributed by atoms with Gasteiger partial charge < -0.3 is 0 Å². The summed E-state index contributed by atoms with van der Waals surface area (Å²) in [6.07, 6.45) is 1.73. The Morgan fingerprint density at radius 3 is 2.67 bits per heavy atom. The van der Waals surface area contributed by atoms with Gasteiger partial charge in [0.25, 0.3) is 0 Å². The van der Waals surface area contributed by atoms with Gasteiger partial charge in [-0.05, 0) is 18.2 Å². The lowest BCUT2D eigenvalue weighted by Gasteiger charge is -2.06. The number of rotatable bonds is 1. The van der Waals surface area contributed by atoms with Gasteiger partial charge in [-0.2, -0.15) is 10.5 Å². The van der Waals surface area contributed by atoms with Crippen LogP contribution in [0.25, 0.3) is 0 Å². The van der Waals surface area contributed by atoms with Gasteiger partial charge >= 0.3 is 0 Å². The number of nitrogens with zero attached hydrogens (tertiary/aromatic N) is 3. The predicted octanol–water partition coefficient (Wildman–Crippen LogP) is 0.719. The molecule has 0 unspecified atom stereocenters. The molecule has 0 atom stereocenters. The number of nitriles is 2. The number of nitrogens with two attached hydrogens (primary N) is 1. The van der Waals surface area contributed by atoms with E-state index in [4.69, 9.17) is 16.4 Å². The lowest BCUT2D eigenvalue weighted by Crippen LogP contribution is -2.24. The second-order valence-corrected chi connectivity index (χ2v) is 2.13. The number of anilines is 1. The minimum atomic E-state index is 0.484. The van der Waals surface area contributed by atoms with Crippen LogP contribution < -0.4 is 10.9 Å². The summed E-state index contributed by atoms with van der Waals surface area (Å²) in [4.78, 5) is 0. The summed E-state index contributed by atoms with van der Waals surface area (Å²) in [6, 6.07) is 8.48. The van der Waals surface area contributed by atoms with Gasteiger partial charge in [0.15, 0.2) is 6.19 Å². The number of hydrazine groups is 1. The summed E-state index contributed by atoms with van der Waals surface area (Å²) in [5.74, 6) is 5.28. The third kappa shape index (κ3) is 1.51. The standard InChI is InChI=1S/C8H6N4/c9-5-7-2-1-3-8(4-7)12(11)6-10/h1-4H,11H2. The molecule has 1 rings (SSSR count). The SMILES string of the molecule is N#Cc1cccc(N(N)C#N)c1. The van der Waals surface area contributed by atoms with Crippen LogP contribution >= 0.6 is 0 Å². The predicted molar refractivity (Wildman–Crippen MR) is 43.4 cm³/mol. The van der Waals surface area contributed by atoms with Gasteiger partial charge in [0, 0.05) is 0 Å². The Bertz CT molecular complexity index is 358. The molecule has 1 aromatic carbocycles. The van der Waals surface area contributed by atoms with Gasteiger partial charge in [-0.25, -0.2) is 10.9 Å². The minimum Gasteiger partial charge on any atom is -0.234 e. The van der Waals surface area contributed by atoms with E-state index in [1.165, 1.54) is 0 Å². The molecule has 0 bridgehead atoms. The van der Waals surface area contributed by atoms with Crippen molar-refractivity contribution in [3.8, 4) is 12.3 Å². The van der Waals surface area contributed by atoms with E-state index in [2.05, 4.69) is 0 Å². The molecule has 0 amide bonds. The second kappa shape index (κ2) is 3.38. The molecule has 0 aliphatic heterocycles. The molecule has 0 saturated carbocycles. The Morgan fingerprint density at radius 1 is 1.33 bits per heavy atom. The van der Waals surface area contributed by atoms with Crippen LogP contribution in [0.1, 0.15) is 5.56 Å². The molecule has 0 aromatic heterocycles. The highest BCUT2D eigenvalue weighted by molar-refractivity contribution is 5.52. The van der Waals surface area contributed by atoms with E-state index in [-0.39, 0.29) is 0 Å². The maximum absolute atomic E-state index is 8.52. The van der Waals surface area contributed by atoms with E-state index >= 15 is 0 Å². The summed E-state index contributed by atoms with van der Waals surface area (Å²) in [5.41, 5.74) is 0.995. The van der Waals surface area contributed by atoms with Crippen LogP contribution in [0.15, 0.2) is 24.3 Å². The molecule has 0 spiro atoms. The van der Waals surface area contributed by atoms with Gasteiger partial charge in [-0.3, -0.25) is 0 Å². The first kappa shape index (κ1) is 8.06. The van der Waals surface area contributed by atoms with Crippen LogP contribution in [-0.4, -0.2) is 0 Å². The molecule has 4 heteroatoms. The van der Waals surface area contributed by atoms with Crippen molar-refractivity contribution in [1.29, 1.82) is 10.5 Å². The van der Waals surface area contributed by atoms with Crippen LogP contribution in [0.5, 0.6) is 0 Å². The summed E-state index contributed by atoms with van der Waals surface area (Å²) < 4.78 is 0. The number of hydrogen-bond acceptors (Lipinski definition) is 4. The van der Waals surface area contributed by atoms with E-state index < -0.39 is 0 Å². The highest BCUT2D eigenvalue weighted by atomic mass is 15.4. The largest absolute Gasteiger partial charge is 0.234 e. The molecule has 0 saturated heterocycles. The Hall–Kier alpha value is -2.04. The van der Waals surface area contributed by atoms with Crippen LogP contribution in [0.3, 0.4) is 0 Å². The third-order valence-corrected chi connectivity index (χ3v) is 1.36. The van der Waals surface area contributed by atoms with Crippen LogP contribution in [-0.2, 0) is 0 Å². The normalized spacial score (nSPS) is 8.25. The summed E-state index contributed by atoms with van der Waals surface area (Å²) in [7, 11) is 0. The molecule has 58 valence electrons. The molecular weight excluding hydrogens is 152 g/mol. The van der Waals surface area contributed by atoms with Gasteiger partial charge in [0.2, 0.25) is 0 Å². The summed E-state index contributed by atoms with van der Waals surface area (Å²) in [6.45, 7) is 0. The maximum atomic E-state index is 8.52. The van der Waals surface area contributed by atoms with E-state index in [9.17, 15) is 0 Å². The fourth-order valence-corrected chi connectivity index (χ4v) is 0.783. The van der Waals surface area contributed by atoms with Gasteiger partial charge in [-0.1, -0.05) is 6.07 Å². The minimum absolute atomic E-state index is 0.484. The van der Waals surface area contributed by atoms with Crippen molar-refractivity contribution in [2.75, 3.05) is 5.01 Å². The molecule has 0 radical (unpaired) electrons. The lowest BCUT2D eigenvalue weighted by atomic mass is 10.2. The zero-order chi connectivity index (χ0) is 8.97. The van der Waals surface area contributed by atoms with Crippen molar-refractivity contribution in [2.45, 2.75) is 0 Å². The molecule has 0 heterocycles. The number of benzene rings is 1. The highest BCUT2D eigenvalue weighted by Gasteiger charge is 1.99. The van der Waals surface area contributed by atoms with Crippen molar-refractivity contribution in [1.82, 2.24) is 0 Å². The van der Waals surface area contributed by atoms with Crippen molar-refractivity contribution in [3.63, 3.8) is 0 Å². The van der Waals surface area contributed by atoms with Crippen LogP contribution in [0, 0.1) is 22.8 Å².